The number of aromatic nitrogens is 3. The molecule has 0 amide bonds. The molecule has 4 nitrogen and oxygen atoms in total. The molecule has 1 aromatic heterocycles. The number of nitrogens with two attached hydrogens (primary N) is 1. The van der Waals surface area contributed by atoms with Gasteiger partial charge in [0.1, 0.15) is 5.69 Å². The summed E-state index contributed by atoms with van der Waals surface area (Å²) in [5, 5.41) is 8.02. The van der Waals surface area contributed by atoms with E-state index in [1.54, 1.807) is 0 Å². The van der Waals surface area contributed by atoms with Gasteiger partial charge in [-0.1, -0.05) is 11.8 Å². The van der Waals surface area contributed by atoms with Gasteiger partial charge in [-0.3, -0.25) is 4.68 Å². The Morgan fingerprint density at radius 2 is 2.46 bits per heavy atom. The number of nitrogens with zero attached hydrogens (tertiary/aromatic N) is 3. The topological polar surface area (TPSA) is 56.7 Å². The first kappa shape index (κ1) is 8.44. The summed E-state index contributed by atoms with van der Waals surface area (Å²) in [5.41, 5.74) is 7.12. The molecule has 2 rings (SSSR count). The van der Waals surface area contributed by atoms with E-state index in [9.17, 15) is 0 Å². The third-order valence-electron chi connectivity index (χ3n) is 2.29. The van der Waals surface area contributed by atoms with Gasteiger partial charge in [0.15, 0.2) is 0 Å². The summed E-state index contributed by atoms with van der Waals surface area (Å²) >= 11 is 0. The minimum Gasteiger partial charge on any atom is -0.326 e. The summed E-state index contributed by atoms with van der Waals surface area (Å²) in [6.45, 7) is 5.25. The Kier molecular flexibility index (Phi) is 2.14. The van der Waals surface area contributed by atoms with Gasteiger partial charge in [0.05, 0.1) is 6.20 Å². The van der Waals surface area contributed by atoms with E-state index < -0.39 is 0 Å². The standard InChI is InChI=1S/C9H14N4/c1-7(4-10)9-6-13(12-11-9)5-8-2-3-8/h6,8H,1-5,10H2. The van der Waals surface area contributed by atoms with Crippen molar-refractivity contribution >= 4 is 5.57 Å². The van der Waals surface area contributed by atoms with E-state index in [0.717, 1.165) is 23.7 Å². The molecule has 4 heteroatoms. The third-order valence-corrected chi connectivity index (χ3v) is 2.29. The molecule has 2 N–H and O–H groups in total. The molecule has 0 bridgehead atoms. The molecular formula is C9H14N4. The minimum atomic E-state index is 0.447. The lowest BCUT2D eigenvalue weighted by Crippen LogP contribution is -2.01. The Hall–Kier alpha value is -1.16. The molecule has 1 fully saturated rings. The van der Waals surface area contributed by atoms with Gasteiger partial charge in [-0.2, -0.15) is 0 Å². The summed E-state index contributed by atoms with van der Waals surface area (Å²) in [4.78, 5) is 0. The summed E-state index contributed by atoms with van der Waals surface area (Å²) in [6.07, 6.45) is 4.58. The van der Waals surface area contributed by atoms with Gasteiger partial charge in [0, 0.05) is 13.1 Å². The maximum Gasteiger partial charge on any atom is 0.109 e. The highest BCUT2D eigenvalue weighted by Crippen LogP contribution is 2.30. The van der Waals surface area contributed by atoms with Crippen LogP contribution >= 0.6 is 0 Å². The van der Waals surface area contributed by atoms with Crippen molar-refractivity contribution in [1.29, 1.82) is 0 Å². The smallest absolute Gasteiger partial charge is 0.109 e. The first-order chi connectivity index (χ1) is 6.29. The van der Waals surface area contributed by atoms with Crippen molar-refractivity contribution in [1.82, 2.24) is 15.0 Å². The van der Waals surface area contributed by atoms with Crippen LogP contribution in [0.15, 0.2) is 12.8 Å². The second-order valence-electron chi connectivity index (χ2n) is 3.58. The van der Waals surface area contributed by atoms with Crippen LogP contribution in [0.25, 0.3) is 5.57 Å². The number of rotatable bonds is 4. The highest BCUT2D eigenvalue weighted by Gasteiger charge is 2.22. The van der Waals surface area contributed by atoms with Gasteiger partial charge in [-0.05, 0) is 24.3 Å². The van der Waals surface area contributed by atoms with Crippen molar-refractivity contribution < 1.29 is 0 Å². The van der Waals surface area contributed by atoms with Crippen LogP contribution < -0.4 is 5.73 Å². The quantitative estimate of drug-likeness (QED) is 0.736. The molecule has 1 aliphatic carbocycles. The summed E-state index contributed by atoms with van der Waals surface area (Å²) in [7, 11) is 0. The van der Waals surface area contributed by atoms with Crippen LogP contribution in [0.2, 0.25) is 0 Å². The Balaban J connectivity index is 2.03. The molecular weight excluding hydrogens is 164 g/mol. The van der Waals surface area contributed by atoms with Crippen molar-refractivity contribution in [3.8, 4) is 0 Å². The number of hydrogen-bond donors (Lipinski definition) is 1. The molecule has 0 atom stereocenters. The van der Waals surface area contributed by atoms with E-state index in [-0.39, 0.29) is 0 Å². The van der Waals surface area contributed by atoms with Crippen LogP contribution in [0.3, 0.4) is 0 Å². The lowest BCUT2D eigenvalue weighted by atomic mass is 10.2. The maximum absolute atomic E-state index is 5.45. The average Bonchev–Trinajstić information content (AvgIpc) is 2.81. The highest BCUT2D eigenvalue weighted by molar-refractivity contribution is 5.60. The molecule has 1 saturated carbocycles. The molecule has 1 aromatic rings. The lowest BCUT2D eigenvalue weighted by Gasteiger charge is -1.95. The summed E-state index contributed by atoms with van der Waals surface area (Å²) < 4.78 is 1.88. The fourth-order valence-corrected chi connectivity index (χ4v) is 1.22. The van der Waals surface area contributed by atoms with E-state index >= 15 is 0 Å². The van der Waals surface area contributed by atoms with Gasteiger partial charge >= 0.3 is 0 Å². The van der Waals surface area contributed by atoms with Crippen molar-refractivity contribution in [2.24, 2.45) is 11.7 Å². The molecule has 0 unspecified atom stereocenters. The van der Waals surface area contributed by atoms with Gasteiger partial charge in [-0.25, -0.2) is 0 Å². The maximum atomic E-state index is 5.45. The van der Waals surface area contributed by atoms with Crippen molar-refractivity contribution in [3.63, 3.8) is 0 Å². The fourth-order valence-electron chi connectivity index (χ4n) is 1.22. The first-order valence-electron chi connectivity index (χ1n) is 4.58. The van der Waals surface area contributed by atoms with Crippen LogP contribution in [0.1, 0.15) is 18.5 Å². The fraction of sp³-hybridized carbons (Fsp3) is 0.556. The Labute approximate surface area is 77.4 Å². The van der Waals surface area contributed by atoms with E-state index in [1.807, 2.05) is 10.9 Å². The molecule has 0 aromatic carbocycles. The molecule has 0 aliphatic heterocycles. The molecule has 70 valence electrons. The van der Waals surface area contributed by atoms with Crippen LogP contribution in [-0.2, 0) is 6.54 Å². The molecule has 0 radical (unpaired) electrons. The second-order valence-corrected chi connectivity index (χ2v) is 3.58. The predicted molar refractivity (Wildman–Crippen MR) is 50.8 cm³/mol. The molecule has 1 aliphatic rings. The average molecular weight is 178 g/mol. The van der Waals surface area contributed by atoms with Gasteiger partial charge < -0.3 is 5.73 Å². The first-order valence-corrected chi connectivity index (χ1v) is 4.58. The monoisotopic (exact) mass is 178 g/mol. The Morgan fingerprint density at radius 1 is 1.69 bits per heavy atom. The predicted octanol–water partition coefficient (Wildman–Crippen LogP) is 0.660. The van der Waals surface area contributed by atoms with Crippen molar-refractivity contribution in [2.75, 3.05) is 6.54 Å². The van der Waals surface area contributed by atoms with Gasteiger partial charge in [0.25, 0.3) is 0 Å². The second kappa shape index (κ2) is 3.30. The minimum absolute atomic E-state index is 0.447. The molecule has 0 saturated heterocycles. The SMILES string of the molecule is C=C(CN)c1cn(CC2CC2)nn1. The Morgan fingerprint density at radius 3 is 3.08 bits per heavy atom. The Bertz CT molecular complexity index is 311. The van der Waals surface area contributed by atoms with Crippen molar-refractivity contribution in [3.05, 3.63) is 18.5 Å². The van der Waals surface area contributed by atoms with Crippen LogP contribution in [0.5, 0.6) is 0 Å². The largest absolute Gasteiger partial charge is 0.326 e. The zero-order valence-electron chi connectivity index (χ0n) is 7.61. The van der Waals surface area contributed by atoms with Crippen LogP contribution in [0, 0.1) is 5.92 Å². The lowest BCUT2D eigenvalue weighted by molar-refractivity contribution is 0.544. The molecule has 1 heterocycles. The van der Waals surface area contributed by atoms with E-state index in [1.165, 1.54) is 12.8 Å². The normalized spacial score (nSPS) is 16.1. The van der Waals surface area contributed by atoms with Gasteiger partial charge in [0.2, 0.25) is 0 Å². The zero-order chi connectivity index (χ0) is 9.26. The third kappa shape index (κ3) is 1.95. The summed E-state index contributed by atoms with van der Waals surface area (Å²) in [6, 6.07) is 0. The van der Waals surface area contributed by atoms with Crippen molar-refractivity contribution in [2.45, 2.75) is 19.4 Å². The number of hydrogen-bond acceptors (Lipinski definition) is 3. The van der Waals surface area contributed by atoms with Gasteiger partial charge in [-0.15, -0.1) is 5.10 Å². The molecule has 13 heavy (non-hydrogen) atoms. The van der Waals surface area contributed by atoms with E-state index in [4.69, 9.17) is 5.73 Å². The zero-order valence-corrected chi connectivity index (χ0v) is 7.61. The summed E-state index contributed by atoms with van der Waals surface area (Å²) in [5.74, 6) is 0.820. The van der Waals surface area contributed by atoms with Crippen LogP contribution in [0.4, 0.5) is 0 Å². The van der Waals surface area contributed by atoms with Crippen LogP contribution in [-0.4, -0.2) is 21.5 Å². The highest BCUT2D eigenvalue weighted by atomic mass is 15.4. The van der Waals surface area contributed by atoms with E-state index in [0.29, 0.717) is 6.54 Å². The molecule has 0 spiro atoms. The van der Waals surface area contributed by atoms with E-state index in [2.05, 4.69) is 16.9 Å².